The van der Waals surface area contributed by atoms with Gasteiger partial charge in [-0.25, -0.2) is 0 Å². The van der Waals surface area contributed by atoms with Gasteiger partial charge in [0.25, 0.3) is 5.91 Å². The lowest BCUT2D eigenvalue weighted by Crippen LogP contribution is -2.42. The van der Waals surface area contributed by atoms with Gasteiger partial charge in [0.1, 0.15) is 0 Å². The number of rotatable bonds is 2. The standard InChI is InChI=1S/C13H16BrNO/c14-11-8-4-5-9-12(11)15-13(16)10-6-2-1-3-7-10/h1-3,6-7,11-12H,4-5,8-9H2,(H,15,16)/t11-,12+/m1/s1. The van der Waals surface area contributed by atoms with Gasteiger partial charge in [-0.2, -0.15) is 0 Å². The van der Waals surface area contributed by atoms with E-state index in [1.54, 1.807) is 0 Å². The summed E-state index contributed by atoms with van der Waals surface area (Å²) in [4.78, 5) is 12.4. The second-order valence-electron chi connectivity index (χ2n) is 4.25. The maximum Gasteiger partial charge on any atom is 0.251 e. The third kappa shape index (κ3) is 2.85. The first-order chi connectivity index (χ1) is 7.77. The average Bonchev–Trinajstić information content (AvgIpc) is 2.33. The van der Waals surface area contributed by atoms with E-state index in [0.29, 0.717) is 4.83 Å². The molecule has 1 fully saturated rings. The highest BCUT2D eigenvalue weighted by Crippen LogP contribution is 2.24. The molecule has 1 aliphatic rings. The molecule has 0 bridgehead atoms. The summed E-state index contributed by atoms with van der Waals surface area (Å²) >= 11 is 3.64. The van der Waals surface area contributed by atoms with Crippen LogP contribution in [-0.2, 0) is 0 Å². The Labute approximate surface area is 105 Å². The van der Waals surface area contributed by atoms with Gasteiger partial charge in [0.2, 0.25) is 0 Å². The molecular weight excluding hydrogens is 266 g/mol. The van der Waals surface area contributed by atoms with E-state index >= 15 is 0 Å². The number of hydrogen-bond donors (Lipinski definition) is 1. The number of halogens is 1. The molecule has 0 radical (unpaired) electrons. The van der Waals surface area contributed by atoms with Crippen LogP contribution in [0.1, 0.15) is 36.0 Å². The molecule has 1 aromatic rings. The van der Waals surface area contributed by atoms with E-state index in [1.807, 2.05) is 30.3 Å². The normalized spacial score (nSPS) is 25.1. The van der Waals surface area contributed by atoms with Crippen molar-refractivity contribution in [2.24, 2.45) is 0 Å². The molecule has 2 atom stereocenters. The zero-order valence-electron chi connectivity index (χ0n) is 9.16. The van der Waals surface area contributed by atoms with Crippen molar-refractivity contribution in [3.63, 3.8) is 0 Å². The quantitative estimate of drug-likeness (QED) is 0.830. The molecule has 1 aromatic carbocycles. The minimum Gasteiger partial charge on any atom is -0.348 e. The van der Waals surface area contributed by atoms with Gasteiger partial charge in [-0.05, 0) is 25.0 Å². The van der Waals surface area contributed by atoms with Crippen LogP contribution in [0.15, 0.2) is 30.3 Å². The number of amides is 1. The summed E-state index contributed by atoms with van der Waals surface area (Å²) in [5.41, 5.74) is 0.743. The van der Waals surface area contributed by atoms with Gasteiger partial charge in [0, 0.05) is 16.4 Å². The number of nitrogens with one attached hydrogen (secondary N) is 1. The Morgan fingerprint density at radius 3 is 2.56 bits per heavy atom. The van der Waals surface area contributed by atoms with Crippen molar-refractivity contribution >= 4 is 21.8 Å². The molecule has 1 N–H and O–H groups in total. The molecule has 2 nitrogen and oxygen atoms in total. The summed E-state index contributed by atoms with van der Waals surface area (Å²) < 4.78 is 0. The Balaban J connectivity index is 1.96. The topological polar surface area (TPSA) is 29.1 Å². The van der Waals surface area contributed by atoms with Crippen LogP contribution in [0.25, 0.3) is 0 Å². The van der Waals surface area contributed by atoms with Crippen LogP contribution in [0, 0.1) is 0 Å². The molecular formula is C13H16BrNO. The van der Waals surface area contributed by atoms with E-state index in [0.717, 1.165) is 18.4 Å². The fourth-order valence-electron chi connectivity index (χ4n) is 2.09. The molecule has 1 saturated carbocycles. The number of carbonyl (C=O) groups excluding carboxylic acids is 1. The summed E-state index contributed by atoms with van der Waals surface area (Å²) in [6.45, 7) is 0. The molecule has 86 valence electrons. The van der Waals surface area contributed by atoms with E-state index < -0.39 is 0 Å². The number of carbonyl (C=O) groups is 1. The maximum atomic E-state index is 11.9. The molecule has 3 heteroatoms. The van der Waals surface area contributed by atoms with Crippen molar-refractivity contribution in [2.75, 3.05) is 0 Å². The third-order valence-electron chi connectivity index (χ3n) is 3.03. The van der Waals surface area contributed by atoms with Gasteiger partial charge in [-0.1, -0.05) is 47.0 Å². The third-order valence-corrected chi connectivity index (χ3v) is 4.13. The van der Waals surface area contributed by atoms with Crippen LogP contribution in [0.3, 0.4) is 0 Å². The maximum absolute atomic E-state index is 11.9. The Morgan fingerprint density at radius 1 is 1.19 bits per heavy atom. The largest absolute Gasteiger partial charge is 0.348 e. The minimum atomic E-state index is 0.0388. The first-order valence-electron chi connectivity index (χ1n) is 5.77. The number of benzene rings is 1. The van der Waals surface area contributed by atoms with Gasteiger partial charge in [0.05, 0.1) is 0 Å². The lowest BCUT2D eigenvalue weighted by Gasteiger charge is -2.28. The van der Waals surface area contributed by atoms with E-state index in [-0.39, 0.29) is 11.9 Å². The van der Waals surface area contributed by atoms with E-state index in [9.17, 15) is 4.79 Å². The zero-order valence-corrected chi connectivity index (χ0v) is 10.7. The van der Waals surface area contributed by atoms with Crippen LogP contribution in [-0.4, -0.2) is 16.8 Å². The van der Waals surface area contributed by atoms with Crippen LogP contribution in [0.2, 0.25) is 0 Å². The van der Waals surface area contributed by atoms with Crippen molar-refractivity contribution in [1.82, 2.24) is 5.32 Å². The molecule has 0 saturated heterocycles. The predicted molar refractivity (Wildman–Crippen MR) is 68.9 cm³/mol. The van der Waals surface area contributed by atoms with Crippen molar-refractivity contribution in [2.45, 2.75) is 36.6 Å². The van der Waals surface area contributed by atoms with Crippen LogP contribution >= 0.6 is 15.9 Å². The first kappa shape index (κ1) is 11.6. The molecule has 0 aromatic heterocycles. The molecule has 1 amide bonds. The Kier molecular flexibility index (Phi) is 3.99. The van der Waals surface area contributed by atoms with Gasteiger partial charge in [0.15, 0.2) is 0 Å². The number of hydrogen-bond acceptors (Lipinski definition) is 1. The van der Waals surface area contributed by atoms with Crippen LogP contribution < -0.4 is 5.32 Å². The number of alkyl halides is 1. The highest BCUT2D eigenvalue weighted by atomic mass is 79.9. The van der Waals surface area contributed by atoms with Crippen LogP contribution in [0.5, 0.6) is 0 Å². The molecule has 0 aliphatic heterocycles. The summed E-state index contributed by atoms with van der Waals surface area (Å²) in [7, 11) is 0. The smallest absolute Gasteiger partial charge is 0.251 e. The molecule has 2 rings (SSSR count). The second-order valence-corrected chi connectivity index (χ2v) is 5.42. The summed E-state index contributed by atoms with van der Waals surface area (Å²) in [6, 6.07) is 9.68. The summed E-state index contributed by atoms with van der Waals surface area (Å²) in [6.07, 6.45) is 4.70. The van der Waals surface area contributed by atoms with Gasteiger partial charge < -0.3 is 5.32 Å². The van der Waals surface area contributed by atoms with Crippen molar-refractivity contribution in [3.05, 3.63) is 35.9 Å². The van der Waals surface area contributed by atoms with Gasteiger partial charge in [-0.3, -0.25) is 4.79 Å². The van der Waals surface area contributed by atoms with Crippen molar-refractivity contribution in [1.29, 1.82) is 0 Å². The van der Waals surface area contributed by atoms with Crippen LogP contribution in [0.4, 0.5) is 0 Å². The SMILES string of the molecule is O=C(N[C@H]1CCCC[C@H]1Br)c1ccccc1. The highest BCUT2D eigenvalue weighted by molar-refractivity contribution is 9.09. The van der Waals surface area contributed by atoms with Gasteiger partial charge >= 0.3 is 0 Å². The second kappa shape index (κ2) is 5.48. The first-order valence-corrected chi connectivity index (χ1v) is 6.69. The van der Waals surface area contributed by atoms with Crippen molar-refractivity contribution in [3.8, 4) is 0 Å². The molecule has 0 unspecified atom stereocenters. The molecule has 16 heavy (non-hydrogen) atoms. The Morgan fingerprint density at radius 2 is 1.88 bits per heavy atom. The van der Waals surface area contributed by atoms with Gasteiger partial charge in [-0.15, -0.1) is 0 Å². The predicted octanol–water partition coefficient (Wildman–Crippen LogP) is 3.12. The fraction of sp³-hybridized carbons (Fsp3) is 0.462. The minimum absolute atomic E-state index is 0.0388. The average molecular weight is 282 g/mol. The summed E-state index contributed by atoms with van der Waals surface area (Å²) in [5, 5.41) is 3.10. The van der Waals surface area contributed by atoms with Crippen molar-refractivity contribution < 1.29 is 4.79 Å². The Hall–Kier alpha value is -0.830. The monoisotopic (exact) mass is 281 g/mol. The van der Waals surface area contributed by atoms with E-state index in [4.69, 9.17) is 0 Å². The van der Waals surface area contributed by atoms with E-state index in [2.05, 4.69) is 21.2 Å². The zero-order chi connectivity index (χ0) is 11.4. The molecule has 0 heterocycles. The summed E-state index contributed by atoms with van der Waals surface area (Å²) in [5.74, 6) is 0.0388. The lowest BCUT2D eigenvalue weighted by molar-refractivity contribution is 0.0930. The van der Waals surface area contributed by atoms with E-state index in [1.165, 1.54) is 12.8 Å². The molecule has 1 aliphatic carbocycles. The Bertz CT molecular complexity index is 352. The lowest BCUT2D eigenvalue weighted by atomic mass is 9.95. The molecule has 0 spiro atoms. The highest BCUT2D eigenvalue weighted by Gasteiger charge is 2.24. The fourth-order valence-corrected chi connectivity index (χ4v) is 2.81.